The van der Waals surface area contributed by atoms with Crippen LogP contribution >= 0.6 is 0 Å². The zero-order valence-corrected chi connectivity index (χ0v) is 23.6. The van der Waals surface area contributed by atoms with Gasteiger partial charge < -0.3 is 20.9 Å². The molecule has 1 aliphatic rings. The highest BCUT2D eigenvalue weighted by atomic mass is 32.2. The van der Waals surface area contributed by atoms with Crippen LogP contribution in [0.3, 0.4) is 0 Å². The molecule has 0 radical (unpaired) electrons. The van der Waals surface area contributed by atoms with Crippen molar-refractivity contribution < 1.29 is 22.8 Å². The predicted octanol–water partition coefficient (Wildman–Crippen LogP) is 2.02. The number of hydrogen-bond acceptors (Lipinski definition) is 7. The number of fused-ring (bicyclic) bond motifs is 2. The first kappa shape index (κ1) is 28.7. The number of likely N-dealkylation sites (N-methyl/N-ethyl adjacent to an activating group) is 1. The number of primary amides is 1. The fourth-order valence-corrected chi connectivity index (χ4v) is 5.72. The van der Waals surface area contributed by atoms with Gasteiger partial charge in [0.2, 0.25) is 17.7 Å². The van der Waals surface area contributed by atoms with Crippen LogP contribution in [0.5, 0.6) is 0 Å². The summed E-state index contributed by atoms with van der Waals surface area (Å²) >= 11 is 0. The highest BCUT2D eigenvalue weighted by Crippen LogP contribution is 2.39. The van der Waals surface area contributed by atoms with Gasteiger partial charge in [-0.1, -0.05) is 36.4 Å². The number of aryl methyl sites for hydroxylation is 1. The minimum atomic E-state index is -3.75. The van der Waals surface area contributed by atoms with Crippen molar-refractivity contribution in [2.45, 2.75) is 25.9 Å². The number of amides is 3. The normalized spacial score (nSPS) is 17.1. The lowest BCUT2D eigenvalue weighted by atomic mass is 9.83. The summed E-state index contributed by atoms with van der Waals surface area (Å²) in [4.78, 5) is 43.3. The molecular formula is C29H31N5O5S. The third-order valence-electron chi connectivity index (χ3n) is 7.62. The van der Waals surface area contributed by atoms with E-state index in [-0.39, 0.29) is 24.3 Å². The van der Waals surface area contributed by atoms with E-state index < -0.39 is 44.8 Å². The average Bonchev–Trinajstić information content (AvgIpc) is 3.02. The van der Waals surface area contributed by atoms with Crippen LogP contribution in [0.15, 0.2) is 54.6 Å². The number of nitrogens with one attached hydrogen (secondary N) is 1. The Bertz CT molecular complexity index is 1680. The Morgan fingerprint density at radius 2 is 1.85 bits per heavy atom. The summed E-state index contributed by atoms with van der Waals surface area (Å²) in [5.41, 5.74) is 6.71. The fourth-order valence-electron chi connectivity index (χ4n) is 5.12. The molecule has 0 aliphatic carbocycles. The van der Waals surface area contributed by atoms with Crippen LogP contribution in [0.1, 0.15) is 23.6 Å². The molecule has 40 heavy (non-hydrogen) atoms. The van der Waals surface area contributed by atoms with Gasteiger partial charge in [-0.15, -0.1) is 0 Å². The van der Waals surface area contributed by atoms with Crippen LogP contribution in [0.4, 0.5) is 11.4 Å². The summed E-state index contributed by atoms with van der Waals surface area (Å²) in [6, 6.07) is 18.3. The third-order valence-corrected chi connectivity index (χ3v) is 8.39. The summed E-state index contributed by atoms with van der Waals surface area (Å²) in [5, 5.41) is 14.4. The van der Waals surface area contributed by atoms with Gasteiger partial charge in [-0.05, 0) is 61.0 Å². The number of hydrogen-bond donors (Lipinski definition) is 2. The maximum Gasteiger partial charge on any atom is 0.242 e. The van der Waals surface area contributed by atoms with Crippen LogP contribution in [0.25, 0.3) is 10.8 Å². The molecule has 1 aliphatic heterocycles. The molecule has 208 valence electrons. The number of carbonyl (C=O) groups is 3. The molecule has 0 saturated carbocycles. The predicted molar refractivity (Wildman–Crippen MR) is 153 cm³/mol. The number of benzene rings is 3. The van der Waals surface area contributed by atoms with Crippen molar-refractivity contribution in [3.63, 3.8) is 0 Å². The Hall–Kier alpha value is -4.27. The maximum atomic E-state index is 14.4. The molecule has 11 heteroatoms. The van der Waals surface area contributed by atoms with Gasteiger partial charge in [-0.25, -0.2) is 8.42 Å². The number of nitriles is 1. The summed E-state index contributed by atoms with van der Waals surface area (Å²) in [6.07, 6.45) is 0.939. The first-order valence-corrected chi connectivity index (χ1v) is 14.7. The molecule has 1 unspecified atom stereocenters. The molecule has 0 aromatic heterocycles. The molecular weight excluding hydrogens is 530 g/mol. The van der Waals surface area contributed by atoms with Crippen molar-refractivity contribution in [3.05, 3.63) is 71.3 Å². The smallest absolute Gasteiger partial charge is 0.242 e. The summed E-state index contributed by atoms with van der Waals surface area (Å²) in [5.74, 6) is -4.09. The second-order valence-electron chi connectivity index (χ2n) is 10.3. The molecule has 0 saturated heterocycles. The van der Waals surface area contributed by atoms with Gasteiger partial charge in [0.05, 0.1) is 35.5 Å². The Morgan fingerprint density at radius 1 is 1.15 bits per heavy atom. The summed E-state index contributed by atoms with van der Waals surface area (Å²) in [7, 11) is -2.25. The quantitative estimate of drug-likeness (QED) is 0.447. The van der Waals surface area contributed by atoms with Gasteiger partial charge in [0, 0.05) is 12.8 Å². The molecule has 0 fully saturated rings. The first-order valence-electron chi connectivity index (χ1n) is 12.6. The number of anilines is 2. The van der Waals surface area contributed by atoms with Crippen molar-refractivity contribution in [1.82, 2.24) is 5.32 Å². The van der Waals surface area contributed by atoms with Crippen molar-refractivity contribution >= 4 is 49.7 Å². The van der Waals surface area contributed by atoms with E-state index in [1.165, 1.54) is 35.9 Å². The lowest BCUT2D eigenvalue weighted by Crippen LogP contribution is -2.63. The van der Waals surface area contributed by atoms with Crippen LogP contribution in [-0.2, 0) is 30.8 Å². The lowest BCUT2D eigenvalue weighted by molar-refractivity contribution is -0.133. The molecule has 3 amide bonds. The number of nitrogens with two attached hydrogens (primary N) is 1. The SMILES string of the molecule is CNC(C)(C(N)=O)[C@@H]1CN(C(=O)CS(C)(=O)=O)c2cc(C#N)ccc2N(Cc2c(C)ccc3ccccc23)C1=O. The first-order chi connectivity index (χ1) is 18.8. The minimum Gasteiger partial charge on any atom is -0.368 e. The van der Waals surface area contributed by atoms with E-state index in [0.717, 1.165) is 28.2 Å². The number of rotatable bonds is 7. The topological polar surface area (TPSA) is 154 Å². The van der Waals surface area contributed by atoms with Gasteiger partial charge in [-0.2, -0.15) is 5.26 Å². The van der Waals surface area contributed by atoms with Gasteiger partial charge in [0.25, 0.3) is 0 Å². The molecule has 3 N–H and O–H groups in total. The Balaban J connectivity index is 2.00. The summed E-state index contributed by atoms with van der Waals surface area (Å²) in [6.45, 7) is 3.17. The van der Waals surface area contributed by atoms with Crippen LogP contribution in [0, 0.1) is 24.2 Å². The van der Waals surface area contributed by atoms with E-state index >= 15 is 0 Å². The molecule has 3 aromatic rings. The third kappa shape index (κ3) is 5.28. The van der Waals surface area contributed by atoms with Crippen molar-refractivity contribution in [2.24, 2.45) is 11.7 Å². The van der Waals surface area contributed by atoms with Gasteiger partial charge in [-0.3, -0.25) is 14.4 Å². The van der Waals surface area contributed by atoms with Gasteiger partial charge in [0.15, 0.2) is 9.84 Å². The Labute approximate surface area is 233 Å². The number of sulfone groups is 1. The van der Waals surface area contributed by atoms with E-state index in [9.17, 15) is 28.1 Å². The fraction of sp³-hybridized carbons (Fsp3) is 0.310. The van der Waals surface area contributed by atoms with E-state index in [1.54, 1.807) is 6.07 Å². The molecule has 1 heterocycles. The molecule has 2 atom stereocenters. The zero-order valence-electron chi connectivity index (χ0n) is 22.8. The van der Waals surface area contributed by atoms with E-state index in [4.69, 9.17) is 5.73 Å². The van der Waals surface area contributed by atoms with E-state index in [1.807, 2.05) is 49.4 Å². The minimum absolute atomic E-state index is 0.0914. The van der Waals surface area contributed by atoms with Crippen LogP contribution in [-0.4, -0.2) is 57.3 Å². The van der Waals surface area contributed by atoms with Crippen LogP contribution < -0.4 is 20.9 Å². The van der Waals surface area contributed by atoms with Crippen molar-refractivity contribution in [2.75, 3.05) is 35.4 Å². The average molecular weight is 562 g/mol. The maximum absolute atomic E-state index is 14.4. The second kappa shape index (κ2) is 10.7. The largest absolute Gasteiger partial charge is 0.368 e. The second-order valence-corrected chi connectivity index (χ2v) is 12.4. The standard InChI is InChI=1S/C29H31N5O5S/c1-18-9-11-20-7-5-6-8-21(20)22(18)15-34-24-12-10-19(14-30)13-25(24)33(26(35)17-40(4,38)39)16-23(27(34)36)29(2,32-3)28(31)37/h5-13,23,32H,15-17H2,1-4H3,(H2,31,37)/t23-,29?/m1/s1. The van der Waals surface area contributed by atoms with E-state index in [0.29, 0.717) is 5.69 Å². The highest BCUT2D eigenvalue weighted by Gasteiger charge is 2.49. The monoisotopic (exact) mass is 561 g/mol. The Kier molecular flexibility index (Phi) is 7.70. The molecule has 0 spiro atoms. The lowest BCUT2D eigenvalue weighted by Gasteiger charge is -2.36. The molecule has 3 aromatic carbocycles. The molecule has 4 rings (SSSR count). The number of carbonyl (C=O) groups excluding carboxylic acids is 3. The van der Waals surface area contributed by atoms with Gasteiger partial charge >= 0.3 is 0 Å². The van der Waals surface area contributed by atoms with Crippen LogP contribution in [0.2, 0.25) is 0 Å². The molecule has 0 bridgehead atoms. The Morgan fingerprint density at radius 3 is 2.48 bits per heavy atom. The zero-order chi connectivity index (χ0) is 29.4. The van der Waals surface area contributed by atoms with Crippen molar-refractivity contribution in [3.8, 4) is 6.07 Å². The van der Waals surface area contributed by atoms with E-state index in [2.05, 4.69) is 5.32 Å². The van der Waals surface area contributed by atoms with Crippen molar-refractivity contribution in [1.29, 1.82) is 5.26 Å². The molecule has 10 nitrogen and oxygen atoms in total. The van der Waals surface area contributed by atoms with Gasteiger partial charge in [0.1, 0.15) is 11.3 Å². The summed E-state index contributed by atoms with van der Waals surface area (Å²) < 4.78 is 24.2. The highest BCUT2D eigenvalue weighted by molar-refractivity contribution is 7.91. The number of nitrogens with zero attached hydrogens (tertiary/aromatic N) is 3.